The molecular formula is C7H11N2NaO2S. The zero-order chi connectivity index (χ0) is 9.35. The van der Waals surface area contributed by atoms with Crippen LogP contribution in [-0.4, -0.2) is 19.0 Å². The van der Waals surface area contributed by atoms with E-state index in [0.717, 1.165) is 0 Å². The molecule has 0 aromatic carbocycles. The predicted molar refractivity (Wildman–Crippen MR) is 44.5 cm³/mol. The van der Waals surface area contributed by atoms with E-state index in [4.69, 9.17) is 0 Å². The molecule has 0 saturated heterocycles. The quantitative estimate of drug-likeness (QED) is 0.428. The molecule has 68 valence electrons. The first kappa shape index (κ1) is 13.3. The minimum Gasteiger partial charge on any atom is -0.768 e. The van der Waals surface area contributed by atoms with Gasteiger partial charge in [0.2, 0.25) is 0 Å². The van der Waals surface area contributed by atoms with Crippen molar-refractivity contribution in [1.29, 1.82) is 0 Å². The molecule has 13 heavy (non-hydrogen) atoms. The number of hydrogen-bond acceptors (Lipinski definition) is 3. The van der Waals surface area contributed by atoms with Crippen molar-refractivity contribution in [1.82, 2.24) is 10.2 Å². The molecule has 0 aliphatic heterocycles. The Hall–Kier alpha value is 0.320. The van der Waals surface area contributed by atoms with Gasteiger partial charge in [-0.1, -0.05) is 20.8 Å². The molecule has 1 aromatic rings. The molecule has 1 heterocycles. The van der Waals surface area contributed by atoms with Crippen molar-refractivity contribution in [2.45, 2.75) is 31.1 Å². The van der Waals surface area contributed by atoms with Gasteiger partial charge in [-0.2, -0.15) is 5.10 Å². The van der Waals surface area contributed by atoms with Crippen molar-refractivity contribution in [2.24, 2.45) is 0 Å². The summed E-state index contributed by atoms with van der Waals surface area (Å²) in [7, 11) is 0. The Morgan fingerprint density at radius 1 is 1.54 bits per heavy atom. The number of nitrogens with one attached hydrogen (secondary N) is 1. The van der Waals surface area contributed by atoms with Gasteiger partial charge in [0, 0.05) is 5.41 Å². The number of H-pyrrole nitrogens is 1. The molecule has 1 atom stereocenters. The van der Waals surface area contributed by atoms with Crippen LogP contribution in [0.5, 0.6) is 0 Å². The molecule has 0 saturated carbocycles. The topological polar surface area (TPSA) is 68.8 Å². The van der Waals surface area contributed by atoms with Gasteiger partial charge in [0.05, 0.1) is 16.8 Å². The van der Waals surface area contributed by atoms with E-state index < -0.39 is 11.1 Å². The van der Waals surface area contributed by atoms with Crippen molar-refractivity contribution in [3.05, 3.63) is 11.9 Å². The summed E-state index contributed by atoms with van der Waals surface area (Å²) in [6.45, 7) is 5.78. The summed E-state index contributed by atoms with van der Waals surface area (Å²) in [6.07, 6.45) is 1.32. The molecule has 1 N–H and O–H groups in total. The van der Waals surface area contributed by atoms with Crippen LogP contribution in [0, 0.1) is 0 Å². The van der Waals surface area contributed by atoms with Gasteiger partial charge >= 0.3 is 29.6 Å². The maximum absolute atomic E-state index is 10.7. The summed E-state index contributed by atoms with van der Waals surface area (Å²) in [5.74, 6) is 0. The summed E-state index contributed by atoms with van der Waals surface area (Å²) in [5, 5.41) is 6.38. The average Bonchev–Trinajstić information content (AvgIpc) is 2.30. The van der Waals surface area contributed by atoms with Crippen LogP contribution >= 0.6 is 0 Å². The fraction of sp³-hybridized carbons (Fsp3) is 0.571. The molecule has 0 aliphatic rings. The molecule has 0 aliphatic carbocycles. The Morgan fingerprint density at radius 2 is 2.08 bits per heavy atom. The summed E-state index contributed by atoms with van der Waals surface area (Å²) in [6, 6.07) is 0. The number of aromatic nitrogens is 2. The molecule has 1 rings (SSSR count). The first-order chi connectivity index (χ1) is 5.43. The van der Waals surface area contributed by atoms with Crippen molar-refractivity contribution in [3.8, 4) is 0 Å². The largest absolute Gasteiger partial charge is 1.00 e. The van der Waals surface area contributed by atoms with E-state index in [1.807, 2.05) is 20.8 Å². The molecule has 0 spiro atoms. The maximum Gasteiger partial charge on any atom is 1.00 e. The molecule has 6 heteroatoms. The molecule has 0 fully saturated rings. The van der Waals surface area contributed by atoms with Crippen molar-refractivity contribution >= 4 is 11.1 Å². The Morgan fingerprint density at radius 3 is 2.38 bits per heavy atom. The fourth-order valence-electron chi connectivity index (χ4n) is 0.939. The number of hydrogen-bond donors (Lipinski definition) is 1. The molecular weight excluding hydrogens is 199 g/mol. The van der Waals surface area contributed by atoms with Crippen LogP contribution in [0.25, 0.3) is 0 Å². The molecule has 1 unspecified atom stereocenters. The third-order valence-electron chi connectivity index (χ3n) is 1.53. The Bertz CT molecular complexity index is 306. The SMILES string of the molecule is CC(C)(C)c1[nH]ncc1S(=O)[O-].[Na+]. The van der Waals surface area contributed by atoms with E-state index in [1.54, 1.807) is 0 Å². The normalized spacial score (nSPS) is 13.5. The summed E-state index contributed by atoms with van der Waals surface area (Å²) in [4.78, 5) is 0.252. The van der Waals surface area contributed by atoms with Gasteiger partial charge in [0.25, 0.3) is 0 Å². The second-order valence-electron chi connectivity index (χ2n) is 3.59. The van der Waals surface area contributed by atoms with E-state index in [2.05, 4.69) is 10.2 Å². The Kier molecular flexibility index (Phi) is 4.82. The second-order valence-corrected chi connectivity index (χ2v) is 4.50. The van der Waals surface area contributed by atoms with E-state index >= 15 is 0 Å². The average molecular weight is 210 g/mol. The molecule has 0 radical (unpaired) electrons. The van der Waals surface area contributed by atoms with Crippen LogP contribution in [0.1, 0.15) is 26.5 Å². The van der Waals surface area contributed by atoms with E-state index in [1.165, 1.54) is 6.20 Å². The van der Waals surface area contributed by atoms with Gasteiger partial charge in [0.1, 0.15) is 0 Å². The first-order valence-electron chi connectivity index (χ1n) is 3.56. The minimum absolute atomic E-state index is 0. The third-order valence-corrected chi connectivity index (χ3v) is 2.20. The maximum atomic E-state index is 10.7. The summed E-state index contributed by atoms with van der Waals surface area (Å²) >= 11 is -2.20. The van der Waals surface area contributed by atoms with Crippen LogP contribution in [0.3, 0.4) is 0 Å². The van der Waals surface area contributed by atoms with E-state index in [-0.39, 0.29) is 39.9 Å². The molecule has 0 amide bonds. The molecule has 4 nitrogen and oxygen atoms in total. The van der Waals surface area contributed by atoms with Gasteiger partial charge < -0.3 is 4.55 Å². The standard InChI is InChI=1S/C7H12N2O2S.Na/c1-7(2,3)6-5(12(10)11)4-8-9-6;/h4H,1-3H3,(H,8,9)(H,10,11);/q;+1/p-1. The van der Waals surface area contributed by atoms with Crippen molar-refractivity contribution < 1.29 is 38.3 Å². The van der Waals surface area contributed by atoms with Crippen LogP contribution < -0.4 is 29.6 Å². The van der Waals surface area contributed by atoms with Crippen LogP contribution in [0.2, 0.25) is 0 Å². The first-order valence-corrected chi connectivity index (χ1v) is 4.63. The van der Waals surface area contributed by atoms with Gasteiger partial charge in [0.15, 0.2) is 0 Å². The van der Waals surface area contributed by atoms with Gasteiger partial charge in [-0.05, 0) is 11.1 Å². The Labute approximate surface area is 102 Å². The van der Waals surface area contributed by atoms with E-state index in [9.17, 15) is 8.76 Å². The second kappa shape index (κ2) is 4.70. The monoisotopic (exact) mass is 210 g/mol. The van der Waals surface area contributed by atoms with Crippen LogP contribution in [0.15, 0.2) is 11.1 Å². The molecule has 0 bridgehead atoms. The summed E-state index contributed by atoms with van der Waals surface area (Å²) < 4.78 is 21.3. The predicted octanol–water partition coefficient (Wildman–Crippen LogP) is -2.05. The number of aromatic amines is 1. The zero-order valence-electron chi connectivity index (χ0n) is 8.25. The smallest absolute Gasteiger partial charge is 0.768 e. The van der Waals surface area contributed by atoms with Gasteiger partial charge in [-0.25, -0.2) is 0 Å². The Balaban J connectivity index is 0.00000144. The third kappa shape index (κ3) is 3.18. The van der Waals surface area contributed by atoms with Gasteiger partial charge in [-0.3, -0.25) is 9.31 Å². The fourth-order valence-corrected chi connectivity index (χ4v) is 1.60. The zero-order valence-corrected chi connectivity index (χ0v) is 11.1. The number of nitrogens with zero attached hydrogens (tertiary/aromatic N) is 1. The minimum atomic E-state index is -2.20. The molecule has 1 aromatic heterocycles. The van der Waals surface area contributed by atoms with Crippen LogP contribution in [0.4, 0.5) is 0 Å². The van der Waals surface area contributed by atoms with Gasteiger partial charge in [-0.15, -0.1) is 0 Å². The van der Waals surface area contributed by atoms with E-state index in [0.29, 0.717) is 5.69 Å². The summed E-state index contributed by atoms with van der Waals surface area (Å²) in [5.41, 5.74) is 0.433. The number of rotatable bonds is 1. The van der Waals surface area contributed by atoms with Crippen molar-refractivity contribution in [3.63, 3.8) is 0 Å². The van der Waals surface area contributed by atoms with Crippen LogP contribution in [-0.2, 0) is 16.5 Å². The van der Waals surface area contributed by atoms with Crippen molar-refractivity contribution in [2.75, 3.05) is 0 Å².